The summed E-state index contributed by atoms with van der Waals surface area (Å²) >= 11 is 5.82. The quantitative estimate of drug-likeness (QED) is 0.717. The maximum atomic E-state index is 12.1. The van der Waals surface area contributed by atoms with Crippen molar-refractivity contribution in [2.45, 2.75) is 39.7 Å². The first-order chi connectivity index (χ1) is 11.5. The number of nitrogens with one attached hydrogen (secondary N) is 1. The normalized spacial score (nSPS) is 11.8. The van der Waals surface area contributed by atoms with Gasteiger partial charge >= 0.3 is 0 Å². The third-order valence-electron chi connectivity index (χ3n) is 3.90. The molecule has 0 aromatic heterocycles. The fraction of sp³-hybridized carbons (Fsp3) is 0.350. The predicted molar refractivity (Wildman–Crippen MR) is 98.7 cm³/mol. The van der Waals surface area contributed by atoms with Crippen LogP contribution in [0.1, 0.15) is 42.5 Å². The van der Waals surface area contributed by atoms with Gasteiger partial charge in [-0.25, -0.2) is 0 Å². The first-order valence-electron chi connectivity index (χ1n) is 8.20. The van der Waals surface area contributed by atoms with Crippen molar-refractivity contribution in [3.8, 4) is 5.75 Å². The lowest BCUT2D eigenvalue weighted by molar-refractivity contribution is -0.121. The maximum absolute atomic E-state index is 12.1. The number of benzene rings is 2. The Morgan fingerprint density at radius 1 is 1.17 bits per heavy atom. The number of ether oxygens (including phenoxy) is 1. The van der Waals surface area contributed by atoms with Crippen LogP contribution in [-0.4, -0.2) is 12.5 Å². The number of rotatable bonds is 7. The number of halogens is 1. The van der Waals surface area contributed by atoms with Gasteiger partial charge in [0.1, 0.15) is 5.75 Å². The maximum Gasteiger partial charge on any atom is 0.220 e. The number of hydrogen-bond acceptors (Lipinski definition) is 2. The van der Waals surface area contributed by atoms with Crippen molar-refractivity contribution < 1.29 is 9.53 Å². The van der Waals surface area contributed by atoms with E-state index in [2.05, 4.69) is 37.4 Å². The number of hydrogen-bond donors (Lipinski definition) is 1. The van der Waals surface area contributed by atoms with Gasteiger partial charge in [0.2, 0.25) is 5.91 Å². The SMILES string of the molecule is Cc1ccc([C@@H](C)NC(=O)CCCOc2ccc(Cl)cc2)c(C)c1. The summed E-state index contributed by atoms with van der Waals surface area (Å²) in [5.41, 5.74) is 3.59. The summed E-state index contributed by atoms with van der Waals surface area (Å²) in [5, 5.41) is 3.73. The molecule has 0 saturated heterocycles. The van der Waals surface area contributed by atoms with Crippen LogP contribution in [0.4, 0.5) is 0 Å². The topological polar surface area (TPSA) is 38.3 Å². The molecule has 1 N–H and O–H groups in total. The van der Waals surface area contributed by atoms with Gasteiger partial charge in [0.15, 0.2) is 0 Å². The van der Waals surface area contributed by atoms with E-state index in [4.69, 9.17) is 16.3 Å². The van der Waals surface area contributed by atoms with Crippen molar-refractivity contribution in [3.63, 3.8) is 0 Å². The molecule has 0 aliphatic carbocycles. The Morgan fingerprint density at radius 2 is 1.88 bits per heavy atom. The van der Waals surface area contributed by atoms with Crippen LogP contribution < -0.4 is 10.1 Å². The van der Waals surface area contributed by atoms with Gasteiger partial charge in [-0.05, 0) is 62.6 Å². The zero-order chi connectivity index (χ0) is 17.5. The second-order valence-corrected chi connectivity index (χ2v) is 6.49. The summed E-state index contributed by atoms with van der Waals surface area (Å²) in [5.74, 6) is 0.811. The number of carbonyl (C=O) groups is 1. The van der Waals surface area contributed by atoms with Crippen LogP contribution in [0, 0.1) is 13.8 Å². The van der Waals surface area contributed by atoms with E-state index in [1.165, 1.54) is 11.1 Å². The Kier molecular flexibility index (Phi) is 6.68. The van der Waals surface area contributed by atoms with E-state index in [0.717, 1.165) is 11.3 Å². The highest BCUT2D eigenvalue weighted by molar-refractivity contribution is 6.30. The molecule has 1 atom stereocenters. The highest BCUT2D eigenvalue weighted by atomic mass is 35.5. The number of amides is 1. The first kappa shape index (κ1) is 18.3. The Bertz CT molecular complexity index is 683. The minimum Gasteiger partial charge on any atom is -0.494 e. The van der Waals surface area contributed by atoms with Crippen molar-refractivity contribution in [2.24, 2.45) is 0 Å². The molecule has 0 saturated carbocycles. The summed E-state index contributed by atoms with van der Waals surface area (Å²) in [4.78, 5) is 12.1. The molecule has 24 heavy (non-hydrogen) atoms. The molecule has 4 heteroatoms. The van der Waals surface area contributed by atoms with Crippen molar-refractivity contribution >= 4 is 17.5 Å². The molecule has 0 spiro atoms. The standard InChI is InChI=1S/C20H24ClNO2/c1-14-6-11-19(15(2)13-14)16(3)22-20(23)5-4-12-24-18-9-7-17(21)8-10-18/h6-11,13,16H,4-5,12H2,1-3H3,(H,22,23)/t16-/m1/s1. The van der Waals surface area contributed by atoms with Crippen molar-refractivity contribution in [1.82, 2.24) is 5.32 Å². The van der Waals surface area contributed by atoms with Crippen molar-refractivity contribution in [1.29, 1.82) is 0 Å². The molecule has 2 aromatic rings. The third-order valence-corrected chi connectivity index (χ3v) is 4.15. The van der Waals surface area contributed by atoms with Crippen molar-refractivity contribution in [2.75, 3.05) is 6.61 Å². The summed E-state index contributed by atoms with van der Waals surface area (Å²) in [6, 6.07) is 13.5. The lowest BCUT2D eigenvalue weighted by Crippen LogP contribution is -2.27. The molecule has 0 aliphatic rings. The van der Waals surface area contributed by atoms with Crippen LogP contribution in [-0.2, 0) is 4.79 Å². The number of aryl methyl sites for hydroxylation is 2. The van der Waals surface area contributed by atoms with Gasteiger partial charge in [0, 0.05) is 11.4 Å². The molecule has 1 amide bonds. The number of carbonyl (C=O) groups excluding carboxylic acids is 1. The Hall–Kier alpha value is -2.00. The molecule has 2 aromatic carbocycles. The zero-order valence-corrected chi connectivity index (χ0v) is 15.2. The summed E-state index contributed by atoms with van der Waals surface area (Å²) in [6.45, 7) is 6.67. The van der Waals surface area contributed by atoms with E-state index in [9.17, 15) is 4.79 Å². The molecular weight excluding hydrogens is 322 g/mol. The minimum atomic E-state index is 0.00952. The van der Waals surface area contributed by atoms with Crippen LogP contribution >= 0.6 is 11.6 Å². The molecule has 0 radical (unpaired) electrons. The van der Waals surface area contributed by atoms with Crippen LogP contribution in [0.5, 0.6) is 5.75 Å². The lowest BCUT2D eigenvalue weighted by Gasteiger charge is -2.17. The van der Waals surface area contributed by atoms with Gasteiger partial charge in [0.25, 0.3) is 0 Å². The summed E-state index contributed by atoms with van der Waals surface area (Å²) in [7, 11) is 0. The minimum absolute atomic E-state index is 0.00952. The van der Waals surface area contributed by atoms with Crippen LogP contribution in [0.2, 0.25) is 5.02 Å². The third kappa shape index (κ3) is 5.57. The molecule has 3 nitrogen and oxygen atoms in total. The Balaban J connectivity index is 1.73. The second kappa shape index (κ2) is 8.74. The highest BCUT2D eigenvalue weighted by Crippen LogP contribution is 2.19. The van der Waals surface area contributed by atoms with E-state index in [1.54, 1.807) is 12.1 Å². The van der Waals surface area contributed by atoms with Gasteiger partial charge in [0.05, 0.1) is 12.6 Å². The Morgan fingerprint density at radius 3 is 2.54 bits per heavy atom. The smallest absolute Gasteiger partial charge is 0.220 e. The second-order valence-electron chi connectivity index (χ2n) is 6.06. The summed E-state index contributed by atoms with van der Waals surface area (Å²) in [6.07, 6.45) is 1.12. The van der Waals surface area contributed by atoms with E-state index in [1.807, 2.05) is 19.1 Å². The van der Waals surface area contributed by atoms with Crippen LogP contribution in [0.25, 0.3) is 0 Å². The largest absolute Gasteiger partial charge is 0.494 e. The molecule has 2 rings (SSSR count). The van der Waals surface area contributed by atoms with Gasteiger partial charge < -0.3 is 10.1 Å². The summed E-state index contributed by atoms with van der Waals surface area (Å²) < 4.78 is 5.59. The molecule has 0 unspecified atom stereocenters. The molecule has 0 fully saturated rings. The average molecular weight is 346 g/mol. The van der Waals surface area contributed by atoms with E-state index >= 15 is 0 Å². The predicted octanol–water partition coefficient (Wildman–Crippen LogP) is 4.99. The van der Waals surface area contributed by atoms with Gasteiger partial charge in [-0.15, -0.1) is 0 Å². The van der Waals surface area contributed by atoms with Crippen molar-refractivity contribution in [3.05, 3.63) is 64.2 Å². The van der Waals surface area contributed by atoms with Gasteiger partial charge in [-0.2, -0.15) is 0 Å². The van der Waals surface area contributed by atoms with Crippen LogP contribution in [0.15, 0.2) is 42.5 Å². The highest BCUT2D eigenvalue weighted by Gasteiger charge is 2.11. The van der Waals surface area contributed by atoms with Gasteiger partial charge in [-0.3, -0.25) is 4.79 Å². The zero-order valence-electron chi connectivity index (χ0n) is 14.4. The Labute approximate surface area is 149 Å². The molecule has 128 valence electrons. The molecular formula is C20H24ClNO2. The fourth-order valence-corrected chi connectivity index (χ4v) is 2.78. The van der Waals surface area contributed by atoms with E-state index in [0.29, 0.717) is 24.5 Å². The van der Waals surface area contributed by atoms with Crippen LogP contribution in [0.3, 0.4) is 0 Å². The molecule has 0 bridgehead atoms. The fourth-order valence-electron chi connectivity index (χ4n) is 2.66. The van der Waals surface area contributed by atoms with Gasteiger partial charge in [-0.1, -0.05) is 35.4 Å². The average Bonchev–Trinajstić information content (AvgIpc) is 2.53. The first-order valence-corrected chi connectivity index (χ1v) is 8.58. The molecule has 0 heterocycles. The monoisotopic (exact) mass is 345 g/mol. The van der Waals surface area contributed by atoms with E-state index in [-0.39, 0.29) is 11.9 Å². The van der Waals surface area contributed by atoms with E-state index < -0.39 is 0 Å². The lowest BCUT2D eigenvalue weighted by atomic mass is 10.0. The molecule has 0 aliphatic heterocycles.